The highest BCUT2D eigenvalue weighted by atomic mass is 16.3. The zero-order valence-corrected chi connectivity index (χ0v) is 10.1. The summed E-state index contributed by atoms with van der Waals surface area (Å²) in [6.07, 6.45) is 4.01. The van der Waals surface area contributed by atoms with Gasteiger partial charge in [0, 0.05) is 24.7 Å². The van der Waals surface area contributed by atoms with Crippen molar-refractivity contribution in [3.8, 4) is 0 Å². The van der Waals surface area contributed by atoms with Gasteiger partial charge in [-0.25, -0.2) is 0 Å². The van der Waals surface area contributed by atoms with Gasteiger partial charge in [0.05, 0.1) is 18.0 Å². The lowest BCUT2D eigenvalue weighted by atomic mass is 9.93. The van der Waals surface area contributed by atoms with E-state index in [-0.39, 0.29) is 6.10 Å². The van der Waals surface area contributed by atoms with Crippen molar-refractivity contribution >= 4 is 5.69 Å². The van der Waals surface area contributed by atoms with Crippen LogP contribution in [0.1, 0.15) is 25.5 Å². The number of rotatable bonds is 2. The fourth-order valence-electron chi connectivity index (χ4n) is 2.29. The highest BCUT2D eigenvalue weighted by Gasteiger charge is 2.23. The van der Waals surface area contributed by atoms with Crippen LogP contribution in [0.3, 0.4) is 0 Å². The lowest BCUT2D eigenvalue weighted by Gasteiger charge is -2.35. The molecule has 0 amide bonds. The molecule has 1 aromatic rings. The van der Waals surface area contributed by atoms with Gasteiger partial charge in [-0.05, 0) is 38.8 Å². The molecule has 3 heteroatoms. The number of aliphatic hydroxyl groups is 1. The molecule has 1 aliphatic heterocycles. The van der Waals surface area contributed by atoms with Crippen LogP contribution in [0.2, 0.25) is 0 Å². The van der Waals surface area contributed by atoms with Crippen molar-refractivity contribution in [3.63, 3.8) is 0 Å². The minimum absolute atomic E-state index is 0.207. The molecule has 3 nitrogen and oxygen atoms in total. The van der Waals surface area contributed by atoms with E-state index in [1.807, 2.05) is 26.1 Å². The molecule has 1 fully saturated rings. The third kappa shape index (κ3) is 2.53. The molecule has 2 rings (SSSR count). The Bertz CT molecular complexity index is 334. The summed E-state index contributed by atoms with van der Waals surface area (Å²) in [5.74, 6) is 0.398. The lowest BCUT2D eigenvalue weighted by molar-refractivity contribution is 0.115. The molecule has 2 atom stereocenters. The normalized spacial score (nSPS) is 23.2. The van der Waals surface area contributed by atoms with Gasteiger partial charge < -0.3 is 10.0 Å². The summed E-state index contributed by atoms with van der Waals surface area (Å²) in [5.41, 5.74) is 2.23. The van der Waals surface area contributed by atoms with Crippen LogP contribution in [0.5, 0.6) is 0 Å². The number of pyridine rings is 1. The van der Waals surface area contributed by atoms with Crippen LogP contribution in [0, 0.1) is 12.8 Å². The molecule has 2 unspecified atom stereocenters. The van der Waals surface area contributed by atoms with Gasteiger partial charge in [-0.2, -0.15) is 0 Å². The molecule has 0 aliphatic carbocycles. The van der Waals surface area contributed by atoms with Crippen molar-refractivity contribution in [2.75, 3.05) is 18.0 Å². The van der Waals surface area contributed by atoms with E-state index in [1.165, 1.54) is 5.69 Å². The smallest absolute Gasteiger partial charge is 0.0557 e. The molecule has 1 saturated heterocycles. The lowest BCUT2D eigenvalue weighted by Crippen LogP contribution is -2.39. The molecule has 0 saturated carbocycles. The molecule has 2 heterocycles. The maximum absolute atomic E-state index is 9.64. The first-order valence-electron chi connectivity index (χ1n) is 6.02. The highest BCUT2D eigenvalue weighted by molar-refractivity contribution is 5.44. The van der Waals surface area contributed by atoms with E-state index in [2.05, 4.69) is 16.0 Å². The zero-order chi connectivity index (χ0) is 11.5. The molecule has 1 N–H and O–H groups in total. The van der Waals surface area contributed by atoms with Crippen molar-refractivity contribution in [2.24, 2.45) is 5.92 Å². The summed E-state index contributed by atoms with van der Waals surface area (Å²) in [5, 5.41) is 9.64. The van der Waals surface area contributed by atoms with Crippen molar-refractivity contribution in [2.45, 2.75) is 32.8 Å². The largest absolute Gasteiger partial charge is 0.393 e. The van der Waals surface area contributed by atoms with Gasteiger partial charge in [0.2, 0.25) is 0 Å². The number of anilines is 1. The number of hydrogen-bond acceptors (Lipinski definition) is 3. The van der Waals surface area contributed by atoms with E-state index < -0.39 is 0 Å². The van der Waals surface area contributed by atoms with Gasteiger partial charge in [-0.3, -0.25) is 4.98 Å². The zero-order valence-electron chi connectivity index (χ0n) is 10.1. The summed E-state index contributed by atoms with van der Waals surface area (Å²) in [7, 11) is 0. The van der Waals surface area contributed by atoms with Crippen LogP contribution in [-0.2, 0) is 0 Å². The van der Waals surface area contributed by atoms with Crippen LogP contribution in [0.25, 0.3) is 0 Å². The Morgan fingerprint density at radius 3 is 2.94 bits per heavy atom. The second-order valence-corrected chi connectivity index (χ2v) is 4.75. The van der Waals surface area contributed by atoms with Gasteiger partial charge in [0.1, 0.15) is 0 Å². The maximum atomic E-state index is 9.64. The quantitative estimate of drug-likeness (QED) is 0.828. The van der Waals surface area contributed by atoms with Crippen LogP contribution in [0.4, 0.5) is 5.69 Å². The van der Waals surface area contributed by atoms with Gasteiger partial charge in [0.15, 0.2) is 0 Å². The summed E-state index contributed by atoms with van der Waals surface area (Å²) < 4.78 is 0. The summed E-state index contributed by atoms with van der Waals surface area (Å²) in [6, 6.07) is 4.16. The molecule has 0 spiro atoms. The predicted molar refractivity (Wildman–Crippen MR) is 65.6 cm³/mol. The minimum atomic E-state index is -0.207. The van der Waals surface area contributed by atoms with E-state index in [0.717, 1.165) is 31.6 Å². The topological polar surface area (TPSA) is 36.4 Å². The van der Waals surface area contributed by atoms with E-state index in [1.54, 1.807) is 0 Å². The van der Waals surface area contributed by atoms with E-state index >= 15 is 0 Å². The Labute approximate surface area is 97.1 Å². The van der Waals surface area contributed by atoms with E-state index in [0.29, 0.717) is 5.92 Å². The fraction of sp³-hybridized carbons (Fsp3) is 0.615. The highest BCUT2D eigenvalue weighted by Crippen LogP contribution is 2.24. The number of aliphatic hydroxyl groups excluding tert-OH is 1. The molecule has 1 aromatic heterocycles. The first-order chi connectivity index (χ1) is 7.66. The SMILES string of the molecule is Cc1ccc(N2CCCC(C(C)O)C2)cn1. The number of hydrogen-bond donors (Lipinski definition) is 1. The van der Waals surface area contributed by atoms with Gasteiger partial charge in [0.25, 0.3) is 0 Å². The fourth-order valence-corrected chi connectivity index (χ4v) is 2.29. The second-order valence-electron chi connectivity index (χ2n) is 4.75. The number of aryl methyl sites for hydroxylation is 1. The molecule has 16 heavy (non-hydrogen) atoms. The molecule has 88 valence electrons. The third-order valence-corrected chi connectivity index (χ3v) is 3.40. The van der Waals surface area contributed by atoms with Crippen LogP contribution >= 0.6 is 0 Å². The number of aromatic nitrogens is 1. The maximum Gasteiger partial charge on any atom is 0.0557 e. The first kappa shape index (κ1) is 11.4. The summed E-state index contributed by atoms with van der Waals surface area (Å²) in [4.78, 5) is 6.65. The molecule has 0 bridgehead atoms. The van der Waals surface area contributed by atoms with E-state index in [4.69, 9.17) is 0 Å². The van der Waals surface area contributed by atoms with Crippen LogP contribution in [-0.4, -0.2) is 29.3 Å². The van der Waals surface area contributed by atoms with Crippen molar-refractivity contribution in [1.29, 1.82) is 0 Å². The van der Waals surface area contributed by atoms with Gasteiger partial charge in [-0.15, -0.1) is 0 Å². The Morgan fingerprint density at radius 1 is 1.50 bits per heavy atom. The standard InChI is InChI=1S/C13H20N2O/c1-10-5-6-13(8-14-10)15-7-3-4-12(9-15)11(2)16/h5-6,8,11-12,16H,3-4,7,9H2,1-2H3. The predicted octanol–water partition coefficient (Wildman–Crippen LogP) is 1.99. The average Bonchev–Trinajstić information content (AvgIpc) is 2.30. The second kappa shape index (κ2) is 4.83. The number of piperidine rings is 1. The Hall–Kier alpha value is -1.09. The minimum Gasteiger partial charge on any atom is -0.393 e. The molecular weight excluding hydrogens is 200 g/mol. The van der Waals surface area contributed by atoms with Crippen molar-refractivity contribution in [3.05, 3.63) is 24.0 Å². The monoisotopic (exact) mass is 220 g/mol. The first-order valence-corrected chi connectivity index (χ1v) is 6.02. The average molecular weight is 220 g/mol. The number of nitrogens with zero attached hydrogens (tertiary/aromatic N) is 2. The Morgan fingerprint density at radius 2 is 2.31 bits per heavy atom. The molecule has 1 aliphatic rings. The van der Waals surface area contributed by atoms with Gasteiger partial charge >= 0.3 is 0 Å². The molecule has 0 aromatic carbocycles. The van der Waals surface area contributed by atoms with Gasteiger partial charge in [-0.1, -0.05) is 0 Å². The molecular formula is C13H20N2O. The molecule has 0 radical (unpaired) electrons. The Balaban J connectivity index is 2.06. The van der Waals surface area contributed by atoms with E-state index in [9.17, 15) is 5.11 Å². The third-order valence-electron chi connectivity index (χ3n) is 3.40. The van der Waals surface area contributed by atoms with Crippen LogP contribution < -0.4 is 4.90 Å². The summed E-state index contributed by atoms with van der Waals surface area (Å²) >= 11 is 0. The van der Waals surface area contributed by atoms with Crippen molar-refractivity contribution < 1.29 is 5.11 Å². The Kier molecular flexibility index (Phi) is 3.44. The summed E-state index contributed by atoms with van der Waals surface area (Å²) in [6.45, 7) is 5.91. The van der Waals surface area contributed by atoms with Crippen molar-refractivity contribution in [1.82, 2.24) is 4.98 Å². The van der Waals surface area contributed by atoms with Crippen LogP contribution in [0.15, 0.2) is 18.3 Å².